The average Bonchev–Trinajstić information content (AvgIpc) is 2.92. The van der Waals surface area contributed by atoms with Gasteiger partial charge in [-0.1, -0.05) is 57.7 Å². The number of aliphatic hydroxyl groups excluding tert-OH is 1. The highest BCUT2D eigenvalue weighted by atomic mass is 32.2. The molecule has 0 saturated heterocycles. The predicted octanol–water partition coefficient (Wildman–Crippen LogP) is 6.12. The Hall–Kier alpha value is -2.85. The number of rotatable bonds is 2. The van der Waals surface area contributed by atoms with Crippen LogP contribution in [-0.4, -0.2) is 64.7 Å². The number of ether oxygens (including phenoxy) is 1. The molecule has 1 aromatic heterocycles. The Morgan fingerprint density at radius 1 is 1.14 bits per heavy atom. The molecule has 0 spiro atoms. The van der Waals surface area contributed by atoms with Crippen molar-refractivity contribution in [3.63, 3.8) is 0 Å². The van der Waals surface area contributed by atoms with Crippen LogP contribution >= 0.6 is 11.8 Å². The van der Waals surface area contributed by atoms with E-state index in [9.17, 15) is 9.59 Å². The zero-order valence-corrected chi connectivity index (χ0v) is 24.7. The molecule has 3 amide bonds. The molecule has 0 aliphatic carbocycles. The standard InChI is InChI=1S/C22H27N5O3S.2C2H6.CH4O/c1-22(2,3)30-21(29)26-11-10-17(15-8-6-7-9-16(15)26)27-13-14-12-23-19(31-5)24-18(14)25(4)20(27)28;3*1-2/h6-9,12,17H,10-11,13H2,1-5H3;2*1-2H3;2H,1H3. The lowest BCUT2D eigenvalue weighted by atomic mass is 9.94. The largest absolute Gasteiger partial charge is 0.443 e. The van der Waals surface area contributed by atoms with E-state index in [0.29, 0.717) is 30.5 Å². The smallest absolute Gasteiger partial charge is 0.414 e. The van der Waals surface area contributed by atoms with Crippen LogP contribution in [-0.2, 0) is 11.3 Å². The highest BCUT2D eigenvalue weighted by Gasteiger charge is 2.39. The second-order valence-corrected chi connectivity index (χ2v) is 9.44. The summed E-state index contributed by atoms with van der Waals surface area (Å²) < 4.78 is 5.60. The highest BCUT2D eigenvalue weighted by Crippen LogP contribution is 2.41. The molecule has 1 unspecified atom stereocenters. The van der Waals surface area contributed by atoms with Crippen LogP contribution in [0.5, 0.6) is 0 Å². The molecule has 2 aromatic rings. The summed E-state index contributed by atoms with van der Waals surface area (Å²) in [5.74, 6) is 0.653. The van der Waals surface area contributed by atoms with Gasteiger partial charge in [0.2, 0.25) is 0 Å². The molecule has 1 N–H and O–H groups in total. The number of anilines is 2. The number of carbonyl (C=O) groups excluding carboxylic acids is 2. The SMILES string of the molecule is CC.CC.CO.CSc1ncc2c(n1)N(C)C(=O)N(C1CCN(C(=O)OC(C)(C)C)c3ccccc31)C2. The number of fused-ring (bicyclic) bond motifs is 2. The second kappa shape index (κ2) is 14.8. The van der Waals surface area contributed by atoms with E-state index in [-0.39, 0.29) is 18.2 Å². The summed E-state index contributed by atoms with van der Waals surface area (Å²) in [4.78, 5) is 40.1. The molecular formula is C27H43N5O4S. The van der Waals surface area contributed by atoms with Gasteiger partial charge in [0.25, 0.3) is 0 Å². The topological polar surface area (TPSA) is 99.1 Å². The lowest BCUT2D eigenvalue weighted by molar-refractivity contribution is 0.0572. The number of benzene rings is 1. The maximum Gasteiger partial charge on any atom is 0.414 e. The van der Waals surface area contributed by atoms with Gasteiger partial charge in [0, 0.05) is 32.5 Å². The quantitative estimate of drug-likeness (QED) is 0.367. The zero-order chi connectivity index (χ0) is 28.3. The monoisotopic (exact) mass is 533 g/mol. The fourth-order valence-electron chi connectivity index (χ4n) is 4.03. The number of para-hydroxylation sites is 1. The molecule has 4 rings (SSSR count). The molecule has 1 aromatic carbocycles. The van der Waals surface area contributed by atoms with Crippen LogP contribution in [0, 0.1) is 0 Å². The minimum absolute atomic E-state index is 0.108. The molecule has 10 heteroatoms. The van der Waals surface area contributed by atoms with E-state index < -0.39 is 5.60 Å². The molecule has 0 bridgehead atoms. The van der Waals surface area contributed by atoms with E-state index in [1.165, 1.54) is 11.8 Å². The van der Waals surface area contributed by atoms with Crippen molar-refractivity contribution in [3.05, 3.63) is 41.6 Å². The Balaban J connectivity index is 0.00000106. The zero-order valence-electron chi connectivity index (χ0n) is 23.9. The number of amides is 3. The van der Waals surface area contributed by atoms with Crippen LogP contribution < -0.4 is 9.80 Å². The van der Waals surface area contributed by atoms with Crippen molar-refractivity contribution in [2.24, 2.45) is 0 Å². The van der Waals surface area contributed by atoms with Crippen molar-refractivity contribution in [2.45, 2.75) is 78.2 Å². The van der Waals surface area contributed by atoms with Crippen LogP contribution in [0.15, 0.2) is 35.6 Å². The van der Waals surface area contributed by atoms with E-state index in [1.807, 2.05) is 83.9 Å². The van der Waals surface area contributed by atoms with Gasteiger partial charge in [-0.3, -0.25) is 9.80 Å². The lowest BCUT2D eigenvalue weighted by Crippen LogP contribution is -2.50. The van der Waals surface area contributed by atoms with Gasteiger partial charge >= 0.3 is 12.1 Å². The maximum atomic E-state index is 13.3. The molecule has 2 aliphatic rings. The van der Waals surface area contributed by atoms with E-state index in [2.05, 4.69) is 9.97 Å². The average molecular weight is 534 g/mol. The first-order valence-electron chi connectivity index (χ1n) is 12.7. The molecule has 2 aliphatic heterocycles. The third-order valence-electron chi connectivity index (χ3n) is 5.40. The van der Waals surface area contributed by atoms with E-state index in [1.54, 1.807) is 23.0 Å². The van der Waals surface area contributed by atoms with Crippen LogP contribution in [0.1, 0.15) is 72.1 Å². The predicted molar refractivity (Wildman–Crippen MR) is 151 cm³/mol. The third-order valence-corrected chi connectivity index (χ3v) is 5.96. The summed E-state index contributed by atoms with van der Waals surface area (Å²) in [6.45, 7) is 14.5. The maximum absolute atomic E-state index is 13.3. The van der Waals surface area contributed by atoms with Crippen molar-refractivity contribution in [2.75, 3.05) is 36.8 Å². The van der Waals surface area contributed by atoms with Gasteiger partial charge in [-0.25, -0.2) is 19.6 Å². The first-order chi connectivity index (χ1) is 17.7. The number of thioether (sulfide) groups is 1. The highest BCUT2D eigenvalue weighted by molar-refractivity contribution is 7.98. The molecule has 0 saturated carbocycles. The minimum Gasteiger partial charge on any atom is -0.443 e. The summed E-state index contributed by atoms with van der Waals surface area (Å²) in [5.41, 5.74) is 2.05. The summed E-state index contributed by atoms with van der Waals surface area (Å²) >= 11 is 1.45. The summed E-state index contributed by atoms with van der Waals surface area (Å²) in [7, 11) is 2.74. The van der Waals surface area contributed by atoms with Crippen molar-refractivity contribution in [1.82, 2.24) is 14.9 Å². The van der Waals surface area contributed by atoms with Crippen LogP contribution in [0.25, 0.3) is 0 Å². The third kappa shape index (κ3) is 7.58. The Labute approximate surface area is 226 Å². The Bertz CT molecular complexity index is 1030. The van der Waals surface area contributed by atoms with Gasteiger partial charge in [-0.05, 0) is 45.1 Å². The normalized spacial score (nSPS) is 16.0. The van der Waals surface area contributed by atoms with Crippen molar-refractivity contribution >= 4 is 35.4 Å². The summed E-state index contributed by atoms with van der Waals surface area (Å²) in [6, 6.07) is 7.46. The number of carbonyl (C=O) groups is 2. The van der Waals surface area contributed by atoms with E-state index in [4.69, 9.17) is 9.84 Å². The summed E-state index contributed by atoms with van der Waals surface area (Å²) in [5, 5.41) is 7.64. The molecule has 1 atom stereocenters. The van der Waals surface area contributed by atoms with Gasteiger partial charge in [-0.2, -0.15) is 0 Å². The molecule has 37 heavy (non-hydrogen) atoms. The molecule has 206 valence electrons. The van der Waals surface area contributed by atoms with Crippen LogP contribution in [0.3, 0.4) is 0 Å². The van der Waals surface area contributed by atoms with Crippen molar-refractivity contribution < 1.29 is 19.4 Å². The number of aliphatic hydroxyl groups is 1. The fraction of sp³-hybridized carbons (Fsp3) is 0.556. The number of nitrogens with zero attached hydrogens (tertiary/aromatic N) is 5. The Morgan fingerprint density at radius 3 is 2.35 bits per heavy atom. The van der Waals surface area contributed by atoms with E-state index >= 15 is 0 Å². The van der Waals surface area contributed by atoms with Crippen LogP contribution in [0.4, 0.5) is 21.1 Å². The van der Waals surface area contributed by atoms with Crippen molar-refractivity contribution in [1.29, 1.82) is 0 Å². The Kier molecular flexibility index (Phi) is 12.9. The van der Waals surface area contributed by atoms with Crippen molar-refractivity contribution in [3.8, 4) is 0 Å². The minimum atomic E-state index is -0.576. The number of hydrogen-bond acceptors (Lipinski definition) is 7. The Morgan fingerprint density at radius 2 is 1.76 bits per heavy atom. The van der Waals surface area contributed by atoms with Gasteiger partial charge in [0.1, 0.15) is 11.4 Å². The lowest BCUT2D eigenvalue weighted by Gasteiger charge is -2.43. The van der Waals surface area contributed by atoms with Gasteiger partial charge < -0.3 is 14.7 Å². The molecule has 3 heterocycles. The second-order valence-electron chi connectivity index (χ2n) is 8.67. The number of urea groups is 1. The van der Waals surface area contributed by atoms with Gasteiger partial charge in [-0.15, -0.1) is 0 Å². The molecular weight excluding hydrogens is 490 g/mol. The number of hydrogen-bond donors (Lipinski definition) is 1. The molecule has 0 radical (unpaired) electrons. The first-order valence-corrected chi connectivity index (χ1v) is 13.9. The molecule has 9 nitrogen and oxygen atoms in total. The van der Waals surface area contributed by atoms with Crippen LogP contribution in [0.2, 0.25) is 0 Å². The number of aromatic nitrogens is 2. The van der Waals surface area contributed by atoms with E-state index in [0.717, 1.165) is 23.9 Å². The first kappa shape index (κ1) is 32.2. The fourth-order valence-corrected chi connectivity index (χ4v) is 4.37. The summed E-state index contributed by atoms with van der Waals surface area (Å²) in [6.07, 6.45) is 3.96. The van der Waals surface area contributed by atoms with Gasteiger partial charge in [0.15, 0.2) is 5.16 Å². The van der Waals surface area contributed by atoms with Gasteiger partial charge in [0.05, 0.1) is 18.3 Å². The molecule has 0 fully saturated rings.